The van der Waals surface area contributed by atoms with Gasteiger partial charge in [-0.2, -0.15) is 0 Å². The number of imidazole rings is 1. The van der Waals surface area contributed by atoms with Gasteiger partial charge in [-0.15, -0.1) is 0 Å². The first-order chi connectivity index (χ1) is 16.8. The Morgan fingerprint density at radius 1 is 1.17 bits per heavy atom. The van der Waals surface area contributed by atoms with Crippen LogP contribution in [0.5, 0.6) is 17.2 Å². The van der Waals surface area contributed by atoms with E-state index < -0.39 is 23.1 Å². The quantitative estimate of drug-likeness (QED) is 0.473. The van der Waals surface area contributed by atoms with Gasteiger partial charge in [0.05, 0.1) is 31.9 Å². The standard InChI is InChI=1S/C25H21Cl2N3O5/c1-13-8-15(29-16-9-14(26)4-5-17(16)30-7-6-28-12-30)10-20(31)25(13)24(32)21-18(33-2)11-19(34-3)22(27)23(21)35-25/h4-7,9-13,29H,8H2,1-3H3/t13-,25+/m1/s1. The van der Waals surface area contributed by atoms with Crippen molar-refractivity contribution in [2.24, 2.45) is 5.92 Å². The Kier molecular flexibility index (Phi) is 5.73. The Balaban J connectivity index is 1.52. The van der Waals surface area contributed by atoms with Gasteiger partial charge >= 0.3 is 0 Å². The average Bonchev–Trinajstić information content (AvgIpc) is 3.46. The van der Waals surface area contributed by atoms with Gasteiger partial charge in [0.1, 0.15) is 22.1 Å². The van der Waals surface area contributed by atoms with Crippen molar-refractivity contribution >= 4 is 40.5 Å². The number of rotatable bonds is 5. The molecule has 2 heterocycles. The Hall–Kier alpha value is -3.49. The van der Waals surface area contributed by atoms with Gasteiger partial charge in [-0.25, -0.2) is 4.98 Å². The minimum Gasteiger partial charge on any atom is -0.496 e. The van der Waals surface area contributed by atoms with Crippen LogP contribution in [0.4, 0.5) is 5.69 Å². The summed E-state index contributed by atoms with van der Waals surface area (Å²) in [6.45, 7) is 1.79. The van der Waals surface area contributed by atoms with E-state index in [0.717, 1.165) is 5.69 Å². The number of Topliss-reactive ketones (excluding diaryl/α,β-unsaturated/α-hetero) is 1. The fourth-order valence-corrected chi connectivity index (χ4v) is 5.06. The molecule has 2 atom stereocenters. The number of nitrogens with one attached hydrogen (secondary N) is 1. The summed E-state index contributed by atoms with van der Waals surface area (Å²) in [5, 5.41) is 3.95. The fraction of sp³-hybridized carbons (Fsp3) is 0.240. The summed E-state index contributed by atoms with van der Waals surface area (Å²) in [5.41, 5.74) is 0.519. The lowest BCUT2D eigenvalue weighted by Gasteiger charge is -2.35. The zero-order chi connectivity index (χ0) is 24.9. The highest BCUT2D eigenvalue weighted by Gasteiger charge is 2.60. The van der Waals surface area contributed by atoms with Crippen molar-refractivity contribution in [1.29, 1.82) is 0 Å². The zero-order valence-electron chi connectivity index (χ0n) is 19.1. The molecule has 0 amide bonds. The van der Waals surface area contributed by atoms with Gasteiger partial charge in [0, 0.05) is 41.2 Å². The van der Waals surface area contributed by atoms with Crippen LogP contribution in [0.25, 0.3) is 5.69 Å². The predicted octanol–water partition coefficient (Wildman–Crippen LogP) is 5.12. The predicted molar refractivity (Wildman–Crippen MR) is 131 cm³/mol. The molecule has 1 spiro atoms. The molecule has 8 nitrogen and oxygen atoms in total. The van der Waals surface area contributed by atoms with Crippen molar-refractivity contribution in [1.82, 2.24) is 9.55 Å². The van der Waals surface area contributed by atoms with Gasteiger partial charge in [-0.05, 0) is 24.6 Å². The van der Waals surface area contributed by atoms with E-state index in [-0.39, 0.29) is 27.8 Å². The number of carbonyl (C=O) groups is 2. The molecule has 0 bridgehead atoms. The lowest BCUT2D eigenvalue weighted by atomic mass is 9.74. The second-order valence-corrected chi connectivity index (χ2v) is 9.18. The SMILES string of the molecule is COc1cc(OC)c2c(c1Cl)O[C@@]1(C(=O)C=C(Nc3cc(Cl)ccc3-n3ccnc3)C[C@H]1C)C2=O. The molecule has 5 rings (SSSR count). The maximum absolute atomic E-state index is 13.6. The number of fused-ring (bicyclic) bond motifs is 1. The molecule has 0 unspecified atom stereocenters. The number of hydrogen-bond acceptors (Lipinski definition) is 7. The highest BCUT2D eigenvalue weighted by atomic mass is 35.5. The Morgan fingerprint density at radius 3 is 2.60 bits per heavy atom. The van der Waals surface area contributed by atoms with Crippen LogP contribution in [0.3, 0.4) is 0 Å². The number of hydrogen-bond donors (Lipinski definition) is 1. The van der Waals surface area contributed by atoms with E-state index in [2.05, 4.69) is 10.3 Å². The molecule has 1 aliphatic carbocycles. The van der Waals surface area contributed by atoms with Crippen molar-refractivity contribution < 1.29 is 23.8 Å². The minimum atomic E-state index is -1.74. The van der Waals surface area contributed by atoms with Gasteiger partial charge in [0.25, 0.3) is 0 Å². The number of ether oxygens (including phenoxy) is 3. The number of aromatic nitrogens is 2. The van der Waals surface area contributed by atoms with Gasteiger partial charge in [-0.3, -0.25) is 9.59 Å². The average molecular weight is 514 g/mol. The fourth-order valence-electron chi connectivity index (χ4n) is 4.62. The van der Waals surface area contributed by atoms with Crippen LogP contribution in [0, 0.1) is 5.92 Å². The van der Waals surface area contributed by atoms with Crippen LogP contribution in [-0.4, -0.2) is 40.9 Å². The van der Waals surface area contributed by atoms with Gasteiger partial charge in [0.15, 0.2) is 5.75 Å². The van der Waals surface area contributed by atoms with Gasteiger partial charge < -0.3 is 24.1 Å². The molecule has 3 aromatic rings. The number of carbonyl (C=O) groups excluding carboxylic acids is 2. The first-order valence-corrected chi connectivity index (χ1v) is 11.5. The highest BCUT2D eigenvalue weighted by Crippen LogP contribution is 2.53. The van der Waals surface area contributed by atoms with E-state index in [4.69, 9.17) is 37.4 Å². The van der Waals surface area contributed by atoms with Crippen LogP contribution >= 0.6 is 23.2 Å². The molecule has 0 saturated carbocycles. The Bertz CT molecular complexity index is 1390. The summed E-state index contributed by atoms with van der Waals surface area (Å²) in [5.74, 6) is -0.860. The van der Waals surface area contributed by atoms with E-state index in [1.807, 2.05) is 10.6 Å². The molecule has 0 saturated heterocycles. The summed E-state index contributed by atoms with van der Waals surface area (Å²) in [4.78, 5) is 31.3. The van der Waals surface area contributed by atoms with E-state index in [1.54, 1.807) is 37.8 Å². The second kappa shape index (κ2) is 8.62. The van der Waals surface area contributed by atoms with Gasteiger partial charge in [-0.1, -0.05) is 30.1 Å². The van der Waals surface area contributed by atoms with E-state index in [9.17, 15) is 9.59 Å². The summed E-state index contributed by atoms with van der Waals surface area (Å²) < 4.78 is 18.6. The van der Waals surface area contributed by atoms with E-state index in [1.165, 1.54) is 26.4 Å². The van der Waals surface area contributed by atoms with Gasteiger partial charge in [0.2, 0.25) is 17.2 Å². The molecule has 1 N–H and O–H groups in total. The van der Waals surface area contributed by atoms with Crippen LogP contribution in [-0.2, 0) is 4.79 Å². The first-order valence-electron chi connectivity index (χ1n) is 10.8. The minimum absolute atomic E-state index is 0.0927. The number of halogens is 2. The summed E-state index contributed by atoms with van der Waals surface area (Å²) in [6, 6.07) is 6.90. The van der Waals surface area contributed by atoms with E-state index >= 15 is 0 Å². The third-order valence-electron chi connectivity index (χ3n) is 6.35. The van der Waals surface area contributed by atoms with Crippen molar-refractivity contribution in [2.75, 3.05) is 19.5 Å². The second-order valence-electron chi connectivity index (χ2n) is 8.36. The Labute approximate surface area is 211 Å². The number of anilines is 1. The molecule has 180 valence electrons. The molecule has 1 aromatic heterocycles. The topological polar surface area (TPSA) is 91.7 Å². The molecule has 2 aromatic carbocycles. The number of nitrogens with zero attached hydrogens (tertiary/aromatic N) is 2. The lowest BCUT2D eigenvalue weighted by molar-refractivity contribution is -0.129. The smallest absolute Gasteiger partial charge is 0.236 e. The number of ketones is 2. The van der Waals surface area contributed by atoms with Crippen molar-refractivity contribution in [3.8, 4) is 22.9 Å². The normalized spacial score (nSPS) is 20.9. The summed E-state index contributed by atoms with van der Waals surface area (Å²) in [7, 11) is 2.88. The molecular formula is C25H21Cl2N3O5. The molecule has 10 heteroatoms. The lowest BCUT2D eigenvalue weighted by Crippen LogP contribution is -2.55. The largest absolute Gasteiger partial charge is 0.496 e. The molecular weight excluding hydrogens is 493 g/mol. The zero-order valence-corrected chi connectivity index (χ0v) is 20.6. The third kappa shape index (κ3) is 3.56. The maximum Gasteiger partial charge on any atom is 0.236 e. The molecule has 0 radical (unpaired) electrons. The van der Waals surface area contributed by atoms with Crippen molar-refractivity contribution in [3.05, 3.63) is 70.4 Å². The summed E-state index contributed by atoms with van der Waals surface area (Å²) >= 11 is 12.7. The number of allylic oxidation sites excluding steroid dienone is 1. The van der Waals surface area contributed by atoms with Crippen molar-refractivity contribution in [3.63, 3.8) is 0 Å². The van der Waals surface area contributed by atoms with Crippen LogP contribution in [0.15, 0.2) is 54.8 Å². The monoisotopic (exact) mass is 513 g/mol. The Morgan fingerprint density at radius 2 is 1.94 bits per heavy atom. The van der Waals surface area contributed by atoms with E-state index in [0.29, 0.717) is 22.8 Å². The number of benzene rings is 2. The highest BCUT2D eigenvalue weighted by molar-refractivity contribution is 6.36. The van der Waals surface area contributed by atoms with Crippen LogP contribution < -0.4 is 19.5 Å². The first kappa shape index (κ1) is 23.3. The van der Waals surface area contributed by atoms with Crippen LogP contribution in [0.2, 0.25) is 10.0 Å². The molecule has 35 heavy (non-hydrogen) atoms. The molecule has 0 fully saturated rings. The van der Waals surface area contributed by atoms with Crippen molar-refractivity contribution in [2.45, 2.75) is 18.9 Å². The third-order valence-corrected chi connectivity index (χ3v) is 6.94. The maximum atomic E-state index is 13.6. The van der Waals surface area contributed by atoms with Crippen LogP contribution in [0.1, 0.15) is 23.7 Å². The number of methoxy groups -OCH3 is 2. The molecule has 1 aliphatic heterocycles. The summed E-state index contributed by atoms with van der Waals surface area (Å²) in [6.07, 6.45) is 6.90. The molecule has 2 aliphatic rings.